The summed E-state index contributed by atoms with van der Waals surface area (Å²) in [7, 11) is -1.43. The van der Waals surface area contributed by atoms with E-state index >= 15 is 0 Å². The van der Waals surface area contributed by atoms with Crippen molar-refractivity contribution < 1.29 is 22.0 Å². The Morgan fingerprint density at radius 2 is 2.00 bits per heavy atom. The van der Waals surface area contributed by atoms with Crippen molar-refractivity contribution in [2.45, 2.75) is 12.5 Å². The SMILES string of the molecule is CN(CC(=O)Nc1c(F)cccc1F)C1CCS(=O)(=O)C1. The zero-order valence-electron chi connectivity index (χ0n) is 11.5. The van der Waals surface area contributed by atoms with Gasteiger partial charge in [0.05, 0.1) is 18.1 Å². The molecule has 1 aliphatic rings. The number of nitrogens with zero attached hydrogens (tertiary/aromatic N) is 1. The van der Waals surface area contributed by atoms with Crippen LogP contribution in [0.15, 0.2) is 18.2 Å². The monoisotopic (exact) mass is 318 g/mol. The van der Waals surface area contributed by atoms with Gasteiger partial charge in [0.1, 0.15) is 17.3 Å². The second-order valence-electron chi connectivity index (χ2n) is 5.12. The van der Waals surface area contributed by atoms with Crippen molar-refractivity contribution in [3.63, 3.8) is 0 Å². The van der Waals surface area contributed by atoms with E-state index in [1.165, 1.54) is 6.07 Å². The van der Waals surface area contributed by atoms with Crippen molar-refractivity contribution in [1.82, 2.24) is 4.90 Å². The summed E-state index contributed by atoms with van der Waals surface area (Å²) in [6, 6.07) is 3.06. The molecule has 2 rings (SSSR count). The van der Waals surface area contributed by atoms with Gasteiger partial charge in [-0.25, -0.2) is 17.2 Å². The maximum Gasteiger partial charge on any atom is 0.238 e. The van der Waals surface area contributed by atoms with Gasteiger partial charge in [0.15, 0.2) is 9.84 Å². The van der Waals surface area contributed by atoms with Crippen molar-refractivity contribution in [2.24, 2.45) is 0 Å². The Balaban J connectivity index is 1.96. The minimum atomic E-state index is -3.04. The standard InChI is InChI=1S/C13H16F2N2O3S/c1-17(9-5-6-21(19,20)8-9)7-12(18)16-13-10(14)3-2-4-11(13)15/h2-4,9H,5-8H2,1H3,(H,16,18). The summed E-state index contributed by atoms with van der Waals surface area (Å²) in [6.07, 6.45) is 0.459. The zero-order valence-corrected chi connectivity index (χ0v) is 12.3. The van der Waals surface area contributed by atoms with Crippen LogP contribution in [0.25, 0.3) is 0 Å². The van der Waals surface area contributed by atoms with Gasteiger partial charge in [0, 0.05) is 6.04 Å². The molecule has 0 aromatic heterocycles. The van der Waals surface area contributed by atoms with Crippen LogP contribution in [-0.4, -0.2) is 50.4 Å². The lowest BCUT2D eigenvalue weighted by Gasteiger charge is -2.22. The van der Waals surface area contributed by atoms with Crippen LogP contribution in [0, 0.1) is 11.6 Å². The van der Waals surface area contributed by atoms with Gasteiger partial charge < -0.3 is 5.32 Å². The first kappa shape index (κ1) is 15.8. The average molecular weight is 318 g/mol. The molecule has 0 spiro atoms. The van der Waals surface area contributed by atoms with E-state index in [4.69, 9.17) is 0 Å². The van der Waals surface area contributed by atoms with Crippen LogP contribution in [0.4, 0.5) is 14.5 Å². The fourth-order valence-electron chi connectivity index (χ4n) is 2.27. The minimum absolute atomic E-state index is 0.00480. The number of nitrogens with one attached hydrogen (secondary N) is 1. The molecule has 1 aromatic carbocycles. The van der Waals surface area contributed by atoms with Gasteiger partial charge in [-0.15, -0.1) is 0 Å². The van der Waals surface area contributed by atoms with Crippen LogP contribution in [-0.2, 0) is 14.6 Å². The van der Waals surface area contributed by atoms with Gasteiger partial charge in [-0.3, -0.25) is 9.69 Å². The summed E-state index contributed by atoms with van der Waals surface area (Å²) < 4.78 is 49.6. The van der Waals surface area contributed by atoms with Crippen LogP contribution in [0.1, 0.15) is 6.42 Å². The molecule has 1 aromatic rings. The summed E-state index contributed by atoms with van der Waals surface area (Å²) in [5.74, 6) is -2.19. The van der Waals surface area contributed by atoms with E-state index in [0.29, 0.717) is 6.42 Å². The van der Waals surface area contributed by atoms with Crippen molar-refractivity contribution >= 4 is 21.4 Å². The Bertz CT molecular complexity index is 629. The van der Waals surface area contributed by atoms with E-state index in [0.717, 1.165) is 12.1 Å². The topological polar surface area (TPSA) is 66.5 Å². The minimum Gasteiger partial charge on any atom is -0.320 e. The number of para-hydroxylation sites is 1. The van der Waals surface area contributed by atoms with Crippen LogP contribution < -0.4 is 5.32 Å². The molecule has 0 saturated carbocycles. The molecule has 0 aliphatic carbocycles. The number of carbonyl (C=O) groups excluding carboxylic acids is 1. The normalized spacial score (nSPS) is 20.7. The van der Waals surface area contributed by atoms with E-state index in [1.807, 2.05) is 0 Å². The number of likely N-dealkylation sites (N-methyl/N-ethyl adjacent to an activating group) is 1. The van der Waals surface area contributed by atoms with Gasteiger partial charge in [-0.05, 0) is 25.6 Å². The Morgan fingerprint density at radius 1 is 1.38 bits per heavy atom. The molecule has 1 fully saturated rings. The number of sulfone groups is 1. The highest BCUT2D eigenvalue weighted by molar-refractivity contribution is 7.91. The van der Waals surface area contributed by atoms with Crippen molar-refractivity contribution in [3.8, 4) is 0 Å². The summed E-state index contributed by atoms with van der Waals surface area (Å²) >= 11 is 0. The lowest BCUT2D eigenvalue weighted by molar-refractivity contribution is -0.117. The Labute approximate surface area is 121 Å². The van der Waals surface area contributed by atoms with Gasteiger partial charge in [0.2, 0.25) is 5.91 Å². The smallest absolute Gasteiger partial charge is 0.238 e. The molecule has 21 heavy (non-hydrogen) atoms. The van der Waals surface area contributed by atoms with Gasteiger partial charge in [-0.2, -0.15) is 0 Å². The van der Waals surface area contributed by atoms with Crippen LogP contribution in [0.2, 0.25) is 0 Å². The number of benzene rings is 1. The number of carbonyl (C=O) groups is 1. The third-order valence-corrected chi connectivity index (χ3v) is 5.20. The number of rotatable bonds is 4. The van der Waals surface area contributed by atoms with E-state index in [1.54, 1.807) is 11.9 Å². The number of amides is 1. The van der Waals surface area contributed by atoms with Crippen molar-refractivity contribution in [3.05, 3.63) is 29.8 Å². The van der Waals surface area contributed by atoms with Crippen LogP contribution in [0.3, 0.4) is 0 Å². The van der Waals surface area contributed by atoms with E-state index in [9.17, 15) is 22.0 Å². The molecule has 1 saturated heterocycles. The van der Waals surface area contributed by atoms with Crippen molar-refractivity contribution in [1.29, 1.82) is 0 Å². The first-order valence-corrected chi connectivity index (χ1v) is 8.25. The second-order valence-corrected chi connectivity index (χ2v) is 7.35. The molecular weight excluding hydrogens is 302 g/mol. The Morgan fingerprint density at radius 3 is 2.52 bits per heavy atom. The molecule has 0 bridgehead atoms. The molecule has 1 aliphatic heterocycles. The van der Waals surface area contributed by atoms with Gasteiger partial charge in [-0.1, -0.05) is 6.07 Å². The molecule has 1 atom stereocenters. The zero-order chi connectivity index (χ0) is 15.6. The number of hydrogen-bond donors (Lipinski definition) is 1. The molecule has 8 heteroatoms. The second kappa shape index (κ2) is 6.07. The predicted octanol–water partition coefficient (Wildman–Crippen LogP) is 1.02. The Hall–Kier alpha value is -1.54. The largest absolute Gasteiger partial charge is 0.320 e. The average Bonchev–Trinajstić information content (AvgIpc) is 2.74. The molecule has 0 radical (unpaired) electrons. The third-order valence-electron chi connectivity index (χ3n) is 3.45. The van der Waals surface area contributed by atoms with Gasteiger partial charge in [0.25, 0.3) is 0 Å². The fraction of sp³-hybridized carbons (Fsp3) is 0.462. The maximum atomic E-state index is 13.4. The highest BCUT2D eigenvalue weighted by atomic mass is 32.2. The van der Waals surface area contributed by atoms with Crippen LogP contribution >= 0.6 is 0 Å². The fourth-order valence-corrected chi connectivity index (χ4v) is 4.08. The third kappa shape index (κ3) is 3.98. The quantitative estimate of drug-likeness (QED) is 0.900. The molecule has 1 amide bonds. The van der Waals surface area contributed by atoms with Gasteiger partial charge >= 0.3 is 0 Å². The summed E-state index contributed by atoms with van der Waals surface area (Å²) in [6.45, 7) is -0.131. The summed E-state index contributed by atoms with van der Waals surface area (Å²) in [4.78, 5) is 13.4. The first-order valence-electron chi connectivity index (χ1n) is 6.43. The van der Waals surface area contributed by atoms with E-state index < -0.39 is 33.1 Å². The highest BCUT2D eigenvalue weighted by Crippen LogP contribution is 2.19. The van der Waals surface area contributed by atoms with Crippen molar-refractivity contribution in [2.75, 3.05) is 30.4 Å². The molecule has 1 N–H and O–H groups in total. The summed E-state index contributed by atoms with van der Waals surface area (Å²) in [5, 5.41) is 2.17. The van der Waals surface area contributed by atoms with E-state index in [2.05, 4.69) is 5.32 Å². The molecule has 5 nitrogen and oxygen atoms in total. The number of anilines is 1. The lowest BCUT2D eigenvalue weighted by Crippen LogP contribution is -2.38. The summed E-state index contributed by atoms with van der Waals surface area (Å²) in [5.41, 5.74) is -0.491. The predicted molar refractivity (Wildman–Crippen MR) is 74.7 cm³/mol. The maximum absolute atomic E-state index is 13.4. The molecule has 116 valence electrons. The van der Waals surface area contributed by atoms with Crippen LogP contribution in [0.5, 0.6) is 0 Å². The Kier molecular flexibility index (Phi) is 4.58. The molecular formula is C13H16F2N2O3S. The number of halogens is 2. The highest BCUT2D eigenvalue weighted by Gasteiger charge is 2.31. The lowest BCUT2D eigenvalue weighted by atomic mass is 10.2. The first-order chi connectivity index (χ1) is 9.78. The number of hydrogen-bond acceptors (Lipinski definition) is 4. The molecule has 1 heterocycles. The molecule has 1 unspecified atom stereocenters. The van der Waals surface area contributed by atoms with E-state index in [-0.39, 0.29) is 24.1 Å².